The lowest BCUT2D eigenvalue weighted by Crippen LogP contribution is -2.41. The van der Waals surface area contributed by atoms with Crippen LogP contribution in [0.4, 0.5) is 0 Å². The fourth-order valence-corrected chi connectivity index (χ4v) is 1.61. The van der Waals surface area contributed by atoms with E-state index in [4.69, 9.17) is 9.47 Å². The van der Waals surface area contributed by atoms with E-state index in [0.717, 1.165) is 6.54 Å². The van der Waals surface area contributed by atoms with E-state index in [2.05, 4.69) is 24.1 Å². The van der Waals surface area contributed by atoms with Gasteiger partial charge >= 0.3 is 0 Å². The van der Waals surface area contributed by atoms with Crippen molar-refractivity contribution in [3.05, 3.63) is 0 Å². The van der Waals surface area contributed by atoms with Crippen molar-refractivity contribution in [2.24, 2.45) is 5.41 Å². The molecule has 0 rings (SSSR count). The molecule has 0 radical (unpaired) electrons. The maximum atomic E-state index is 11.4. The third-order valence-corrected chi connectivity index (χ3v) is 2.17. The van der Waals surface area contributed by atoms with Crippen molar-refractivity contribution in [3.8, 4) is 0 Å². The fourth-order valence-electron chi connectivity index (χ4n) is 1.61. The largest absolute Gasteiger partial charge is 0.382 e. The molecule has 0 saturated carbocycles. The van der Waals surface area contributed by atoms with Gasteiger partial charge < -0.3 is 19.7 Å². The predicted octanol–water partition coefficient (Wildman–Crippen LogP) is 0.353. The Bertz CT molecular complexity index is 218. The SMILES string of the molecule is COCCOCC(=O)NCC(C)(C)CN(C)C. The van der Waals surface area contributed by atoms with Gasteiger partial charge in [-0.2, -0.15) is 0 Å². The highest BCUT2D eigenvalue weighted by Gasteiger charge is 2.19. The highest BCUT2D eigenvalue weighted by atomic mass is 16.5. The first-order chi connectivity index (χ1) is 7.87. The summed E-state index contributed by atoms with van der Waals surface area (Å²) in [4.78, 5) is 13.6. The summed E-state index contributed by atoms with van der Waals surface area (Å²) >= 11 is 0. The molecule has 0 aliphatic rings. The summed E-state index contributed by atoms with van der Waals surface area (Å²) in [5, 5.41) is 2.87. The van der Waals surface area contributed by atoms with Crippen molar-refractivity contribution in [3.63, 3.8) is 0 Å². The number of hydrogen-bond donors (Lipinski definition) is 1. The van der Waals surface area contributed by atoms with E-state index in [-0.39, 0.29) is 17.9 Å². The normalized spacial score (nSPS) is 11.9. The Balaban J connectivity index is 3.68. The minimum absolute atomic E-state index is 0.0612. The maximum Gasteiger partial charge on any atom is 0.246 e. The molecular formula is C12H26N2O3. The molecule has 102 valence electrons. The minimum atomic E-state index is -0.0760. The molecule has 1 amide bonds. The zero-order chi connectivity index (χ0) is 13.3. The van der Waals surface area contributed by atoms with Crippen LogP contribution >= 0.6 is 0 Å². The van der Waals surface area contributed by atoms with Crippen molar-refractivity contribution in [1.82, 2.24) is 10.2 Å². The van der Waals surface area contributed by atoms with E-state index in [1.165, 1.54) is 0 Å². The molecule has 0 atom stereocenters. The number of carbonyl (C=O) groups is 1. The quantitative estimate of drug-likeness (QED) is 0.597. The van der Waals surface area contributed by atoms with Crippen molar-refractivity contribution in [1.29, 1.82) is 0 Å². The van der Waals surface area contributed by atoms with Crippen molar-refractivity contribution >= 4 is 5.91 Å². The summed E-state index contributed by atoms with van der Waals surface area (Å²) in [6, 6.07) is 0. The van der Waals surface area contributed by atoms with E-state index < -0.39 is 0 Å². The standard InChI is InChI=1S/C12H26N2O3/c1-12(2,10-14(3)4)9-13-11(15)8-17-7-6-16-5/h6-10H2,1-5H3,(H,13,15). The Labute approximate surface area is 104 Å². The van der Waals surface area contributed by atoms with Crippen LogP contribution in [0.1, 0.15) is 13.8 Å². The number of hydrogen-bond acceptors (Lipinski definition) is 4. The fraction of sp³-hybridized carbons (Fsp3) is 0.917. The highest BCUT2D eigenvalue weighted by molar-refractivity contribution is 5.77. The second-order valence-electron chi connectivity index (χ2n) is 5.22. The van der Waals surface area contributed by atoms with Crippen LogP contribution in [0.5, 0.6) is 0 Å². The molecule has 0 spiro atoms. The van der Waals surface area contributed by atoms with Gasteiger partial charge in [-0.25, -0.2) is 0 Å². The molecule has 5 nitrogen and oxygen atoms in total. The van der Waals surface area contributed by atoms with Gasteiger partial charge in [0.2, 0.25) is 5.91 Å². The second kappa shape index (κ2) is 8.44. The lowest BCUT2D eigenvalue weighted by molar-refractivity contribution is -0.126. The van der Waals surface area contributed by atoms with Crippen LogP contribution in [0.2, 0.25) is 0 Å². The van der Waals surface area contributed by atoms with E-state index in [1.54, 1.807) is 7.11 Å². The first-order valence-corrected chi connectivity index (χ1v) is 5.85. The molecule has 0 aliphatic carbocycles. The molecule has 0 aromatic rings. The smallest absolute Gasteiger partial charge is 0.246 e. The third-order valence-electron chi connectivity index (χ3n) is 2.17. The van der Waals surface area contributed by atoms with Gasteiger partial charge in [0.05, 0.1) is 13.2 Å². The highest BCUT2D eigenvalue weighted by Crippen LogP contribution is 2.13. The average molecular weight is 246 g/mol. The first-order valence-electron chi connectivity index (χ1n) is 5.85. The molecule has 0 aromatic carbocycles. The predicted molar refractivity (Wildman–Crippen MR) is 68.0 cm³/mol. The van der Waals surface area contributed by atoms with Gasteiger partial charge in [0, 0.05) is 20.2 Å². The summed E-state index contributed by atoms with van der Waals surface area (Å²) in [6.45, 7) is 6.89. The third kappa shape index (κ3) is 10.2. The second-order valence-corrected chi connectivity index (χ2v) is 5.22. The lowest BCUT2D eigenvalue weighted by atomic mass is 9.93. The van der Waals surface area contributed by atoms with Crippen LogP contribution < -0.4 is 5.32 Å². The van der Waals surface area contributed by atoms with Gasteiger partial charge in [0.25, 0.3) is 0 Å². The molecule has 5 heteroatoms. The number of nitrogens with one attached hydrogen (secondary N) is 1. The Kier molecular flexibility index (Phi) is 8.12. The summed E-state index contributed by atoms with van der Waals surface area (Å²) < 4.78 is 9.95. The molecule has 0 bridgehead atoms. The van der Waals surface area contributed by atoms with E-state index >= 15 is 0 Å². The van der Waals surface area contributed by atoms with Crippen molar-refractivity contribution < 1.29 is 14.3 Å². The Morgan fingerprint density at radius 2 is 1.94 bits per heavy atom. The van der Waals surface area contributed by atoms with Crippen LogP contribution in [-0.2, 0) is 14.3 Å². The van der Waals surface area contributed by atoms with Gasteiger partial charge in [-0.15, -0.1) is 0 Å². The van der Waals surface area contributed by atoms with Gasteiger partial charge in [-0.05, 0) is 19.5 Å². The Hall–Kier alpha value is -0.650. The molecule has 0 saturated heterocycles. The average Bonchev–Trinajstić information content (AvgIpc) is 2.20. The molecular weight excluding hydrogens is 220 g/mol. The number of ether oxygens (including phenoxy) is 2. The van der Waals surface area contributed by atoms with Gasteiger partial charge in [-0.1, -0.05) is 13.8 Å². The lowest BCUT2D eigenvalue weighted by Gasteiger charge is -2.28. The van der Waals surface area contributed by atoms with Crippen molar-refractivity contribution in [2.45, 2.75) is 13.8 Å². The zero-order valence-electron chi connectivity index (χ0n) is 11.7. The van der Waals surface area contributed by atoms with Crippen molar-refractivity contribution in [2.75, 3.05) is 54.1 Å². The van der Waals surface area contributed by atoms with Gasteiger partial charge in [0.15, 0.2) is 0 Å². The molecule has 0 unspecified atom stereocenters. The summed E-state index contributed by atoms with van der Waals surface area (Å²) in [5.74, 6) is -0.0760. The van der Waals surface area contributed by atoms with Gasteiger partial charge in [0.1, 0.15) is 6.61 Å². The number of methoxy groups -OCH3 is 1. The first kappa shape index (κ1) is 16.4. The summed E-state index contributed by atoms with van der Waals surface area (Å²) in [6.07, 6.45) is 0. The van der Waals surface area contributed by atoms with Crippen LogP contribution in [0, 0.1) is 5.41 Å². The maximum absolute atomic E-state index is 11.4. The number of rotatable bonds is 9. The van der Waals surface area contributed by atoms with Crippen LogP contribution in [0.3, 0.4) is 0 Å². The van der Waals surface area contributed by atoms with Crippen LogP contribution in [-0.4, -0.2) is 64.9 Å². The molecule has 1 N–H and O–H groups in total. The van der Waals surface area contributed by atoms with Crippen LogP contribution in [0.15, 0.2) is 0 Å². The van der Waals surface area contributed by atoms with E-state index in [1.807, 2.05) is 14.1 Å². The number of carbonyl (C=O) groups excluding carboxylic acids is 1. The summed E-state index contributed by atoms with van der Waals surface area (Å²) in [5.41, 5.74) is 0.0612. The monoisotopic (exact) mass is 246 g/mol. The molecule has 0 heterocycles. The minimum Gasteiger partial charge on any atom is -0.382 e. The number of nitrogens with zero attached hydrogens (tertiary/aromatic N) is 1. The zero-order valence-corrected chi connectivity index (χ0v) is 11.7. The number of amides is 1. The Morgan fingerprint density at radius 1 is 1.29 bits per heavy atom. The molecule has 0 fully saturated rings. The van der Waals surface area contributed by atoms with E-state index in [9.17, 15) is 4.79 Å². The van der Waals surface area contributed by atoms with Gasteiger partial charge in [-0.3, -0.25) is 4.79 Å². The summed E-state index contributed by atoms with van der Waals surface area (Å²) in [7, 11) is 5.65. The topological polar surface area (TPSA) is 50.8 Å². The molecule has 0 aromatic heterocycles. The van der Waals surface area contributed by atoms with E-state index in [0.29, 0.717) is 19.8 Å². The molecule has 17 heavy (non-hydrogen) atoms. The van der Waals surface area contributed by atoms with Crippen LogP contribution in [0.25, 0.3) is 0 Å². The molecule has 0 aliphatic heterocycles. The Morgan fingerprint density at radius 3 is 2.47 bits per heavy atom.